The molecule has 98 valence electrons. The third kappa shape index (κ3) is 3.37. The van der Waals surface area contributed by atoms with E-state index in [-0.39, 0.29) is 18.4 Å². The molecule has 0 bridgehead atoms. The lowest BCUT2D eigenvalue weighted by atomic mass is 9.97. The van der Waals surface area contributed by atoms with Gasteiger partial charge in [0.05, 0.1) is 18.6 Å². The van der Waals surface area contributed by atoms with E-state index >= 15 is 0 Å². The highest BCUT2D eigenvalue weighted by atomic mass is 19.3. The van der Waals surface area contributed by atoms with E-state index < -0.39 is 18.6 Å². The van der Waals surface area contributed by atoms with Crippen LogP contribution in [0, 0.1) is 0 Å². The molecule has 3 nitrogen and oxygen atoms in total. The Bertz CT molecular complexity index is 286. The Labute approximate surface area is 99.8 Å². The summed E-state index contributed by atoms with van der Waals surface area (Å²) in [7, 11) is 0. The first-order chi connectivity index (χ1) is 8.00. The maximum Gasteiger partial charge on any atom is 0.255 e. The van der Waals surface area contributed by atoms with E-state index in [0.29, 0.717) is 12.8 Å². The summed E-state index contributed by atoms with van der Waals surface area (Å²) in [5.74, 6) is -0.308. The van der Waals surface area contributed by atoms with Crippen molar-refractivity contribution in [3.05, 3.63) is 0 Å². The SMILES string of the molecule is O=C(CC1(O)CCCC1)N(CC(F)F)C1CC1. The molecule has 17 heavy (non-hydrogen) atoms. The monoisotopic (exact) mass is 247 g/mol. The number of hydrogen-bond acceptors (Lipinski definition) is 2. The highest BCUT2D eigenvalue weighted by Crippen LogP contribution is 2.35. The minimum absolute atomic E-state index is 0.0101. The Balaban J connectivity index is 1.91. The molecule has 2 saturated carbocycles. The van der Waals surface area contributed by atoms with Gasteiger partial charge in [-0.2, -0.15) is 0 Å². The van der Waals surface area contributed by atoms with Crippen molar-refractivity contribution >= 4 is 5.91 Å². The minimum Gasteiger partial charge on any atom is -0.389 e. The number of rotatable bonds is 5. The average molecular weight is 247 g/mol. The highest BCUT2D eigenvalue weighted by molar-refractivity contribution is 5.78. The maximum atomic E-state index is 12.4. The van der Waals surface area contributed by atoms with Crippen LogP contribution >= 0.6 is 0 Å². The summed E-state index contributed by atoms with van der Waals surface area (Å²) in [6.07, 6.45) is 2.23. The Morgan fingerprint density at radius 2 is 1.94 bits per heavy atom. The minimum atomic E-state index is -2.49. The quantitative estimate of drug-likeness (QED) is 0.806. The molecule has 0 spiro atoms. The van der Waals surface area contributed by atoms with E-state index in [1.165, 1.54) is 4.90 Å². The molecular formula is C12H19F2NO2. The summed E-state index contributed by atoms with van der Waals surface area (Å²) < 4.78 is 24.8. The van der Waals surface area contributed by atoms with Crippen LogP contribution < -0.4 is 0 Å². The fourth-order valence-corrected chi connectivity index (χ4v) is 2.58. The third-order valence-corrected chi connectivity index (χ3v) is 3.66. The smallest absolute Gasteiger partial charge is 0.255 e. The van der Waals surface area contributed by atoms with Gasteiger partial charge in [0, 0.05) is 6.04 Å². The largest absolute Gasteiger partial charge is 0.389 e. The average Bonchev–Trinajstić information content (AvgIpc) is 2.98. The molecule has 5 heteroatoms. The first-order valence-corrected chi connectivity index (χ1v) is 6.30. The molecule has 0 aliphatic heterocycles. The Morgan fingerprint density at radius 3 is 2.41 bits per heavy atom. The second-order valence-electron chi connectivity index (χ2n) is 5.28. The van der Waals surface area contributed by atoms with Gasteiger partial charge in [0.1, 0.15) is 0 Å². The molecule has 1 N–H and O–H groups in total. The molecule has 0 aromatic rings. The van der Waals surface area contributed by atoms with Gasteiger partial charge in [-0.05, 0) is 25.7 Å². The van der Waals surface area contributed by atoms with Crippen molar-refractivity contribution in [1.29, 1.82) is 0 Å². The van der Waals surface area contributed by atoms with Crippen LogP contribution in [0.3, 0.4) is 0 Å². The van der Waals surface area contributed by atoms with E-state index in [9.17, 15) is 18.7 Å². The third-order valence-electron chi connectivity index (χ3n) is 3.66. The van der Waals surface area contributed by atoms with Gasteiger partial charge in [-0.1, -0.05) is 12.8 Å². The lowest BCUT2D eigenvalue weighted by Crippen LogP contribution is -2.41. The molecular weight excluding hydrogens is 228 g/mol. The van der Waals surface area contributed by atoms with Gasteiger partial charge in [-0.25, -0.2) is 8.78 Å². The van der Waals surface area contributed by atoms with Crippen LogP contribution in [0.1, 0.15) is 44.9 Å². The lowest BCUT2D eigenvalue weighted by Gasteiger charge is -2.27. The van der Waals surface area contributed by atoms with Crippen molar-refractivity contribution in [2.75, 3.05) is 6.54 Å². The molecule has 2 aliphatic carbocycles. The lowest BCUT2D eigenvalue weighted by molar-refractivity contribution is -0.138. The number of carbonyl (C=O) groups is 1. The Morgan fingerprint density at radius 1 is 1.35 bits per heavy atom. The maximum absolute atomic E-state index is 12.4. The molecule has 0 aromatic heterocycles. The molecule has 0 aromatic carbocycles. The normalized spacial score (nSPS) is 23.1. The molecule has 1 amide bonds. The molecule has 0 unspecified atom stereocenters. The zero-order chi connectivity index (χ0) is 12.5. The van der Waals surface area contributed by atoms with Crippen LogP contribution in [0.4, 0.5) is 8.78 Å². The standard InChI is InChI=1S/C12H19F2NO2/c13-10(14)8-15(9-3-4-9)11(16)7-12(17)5-1-2-6-12/h9-10,17H,1-8H2. The predicted molar refractivity (Wildman–Crippen MR) is 58.8 cm³/mol. The summed E-state index contributed by atoms with van der Waals surface area (Å²) in [4.78, 5) is 13.2. The van der Waals surface area contributed by atoms with Crippen LogP contribution in [0.15, 0.2) is 0 Å². The van der Waals surface area contributed by atoms with Crippen molar-refractivity contribution < 1.29 is 18.7 Å². The van der Waals surface area contributed by atoms with Gasteiger partial charge in [0.25, 0.3) is 6.43 Å². The Kier molecular flexibility index (Phi) is 3.66. The highest BCUT2D eigenvalue weighted by Gasteiger charge is 2.39. The van der Waals surface area contributed by atoms with Crippen LogP contribution in [-0.4, -0.2) is 40.5 Å². The fourth-order valence-electron chi connectivity index (χ4n) is 2.58. The molecule has 0 atom stereocenters. The molecule has 0 radical (unpaired) electrons. The van der Waals surface area contributed by atoms with Crippen molar-refractivity contribution in [1.82, 2.24) is 4.90 Å². The van der Waals surface area contributed by atoms with Crippen LogP contribution in [0.2, 0.25) is 0 Å². The summed E-state index contributed by atoms with van der Waals surface area (Å²) in [5, 5.41) is 10.1. The first kappa shape index (κ1) is 12.7. The molecule has 0 saturated heterocycles. The van der Waals surface area contributed by atoms with Gasteiger partial charge in [-0.3, -0.25) is 4.79 Å². The van der Waals surface area contributed by atoms with Crippen molar-refractivity contribution in [3.8, 4) is 0 Å². The molecule has 2 rings (SSSR count). The summed E-state index contributed by atoms with van der Waals surface area (Å²) in [6.45, 7) is -0.487. The van der Waals surface area contributed by atoms with Crippen LogP contribution in [-0.2, 0) is 4.79 Å². The van der Waals surface area contributed by atoms with E-state index in [2.05, 4.69) is 0 Å². The number of nitrogens with zero attached hydrogens (tertiary/aromatic N) is 1. The molecule has 0 heterocycles. The molecule has 2 fully saturated rings. The van der Waals surface area contributed by atoms with Gasteiger partial charge < -0.3 is 10.0 Å². The topological polar surface area (TPSA) is 40.5 Å². The molecule has 2 aliphatic rings. The van der Waals surface area contributed by atoms with Crippen LogP contribution in [0.5, 0.6) is 0 Å². The predicted octanol–water partition coefficient (Wildman–Crippen LogP) is 1.94. The number of carbonyl (C=O) groups excluding carboxylic acids is 1. The first-order valence-electron chi connectivity index (χ1n) is 6.30. The second kappa shape index (κ2) is 4.88. The van der Waals surface area contributed by atoms with E-state index in [1.807, 2.05) is 0 Å². The van der Waals surface area contributed by atoms with Crippen molar-refractivity contribution in [2.45, 2.75) is 63.0 Å². The fraction of sp³-hybridized carbons (Fsp3) is 0.917. The van der Waals surface area contributed by atoms with Crippen molar-refractivity contribution in [2.24, 2.45) is 0 Å². The summed E-state index contributed by atoms with van der Waals surface area (Å²) in [5.41, 5.74) is -0.938. The zero-order valence-electron chi connectivity index (χ0n) is 9.87. The Hall–Kier alpha value is -0.710. The number of hydrogen-bond donors (Lipinski definition) is 1. The number of aliphatic hydroxyl groups is 1. The summed E-state index contributed by atoms with van der Waals surface area (Å²) in [6, 6.07) is -0.0125. The number of amides is 1. The number of alkyl halides is 2. The number of halogens is 2. The van der Waals surface area contributed by atoms with Crippen molar-refractivity contribution in [3.63, 3.8) is 0 Å². The van der Waals surface area contributed by atoms with E-state index in [1.54, 1.807) is 0 Å². The van der Waals surface area contributed by atoms with E-state index in [0.717, 1.165) is 25.7 Å². The van der Waals surface area contributed by atoms with Gasteiger partial charge in [0.2, 0.25) is 5.91 Å². The van der Waals surface area contributed by atoms with Gasteiger partial charge in [-0.15, -0.1) is 0 Å². The summed E-state index contributed by atoms with van der Waals surface area (Å²) >= 11 is 0. The van der Waals surface area contributed by atoms with Gasteiger partial charge in [0.15, 0.2) is 0 Å². The van der Waals surface area contributed by atoms with Crippen LogP contribution in [0.25, 0.3) is 0 Å². The second-order valence-corrected chi connectivity index (χ2v) is 5.28. The zero-order valence-corrected chi connectivity index (χ0v) is 9.87. The van der Waals surface area contributed by atoms with Gasteiger partial charge >= 0.3 is 0 Å². The van der Waals surface area contributed by atoms with E-state index in [4.69, 9.17) is 0 Å².